The van der Waals surface area contributed by atoms with Gasteiger partial charge in [-0.3, -0.25) is 19.4 Å². The largest absolute Gasteiger partial charge is 0.480 e. The number of aromatic nitrogens is 1. The molecule has 14 nitrogen and oxygen atoms in total. The van der Waals surface area contributed by atoms with Crippen molar-refractivity contribution in [2.45, 2.75) is 63.7 Å². The van der Waals surface area contributed by atoms with Gasteiger partial charge in [0.2, 0.25) is 17.7 Å². The summed E-state index contributed by atoms with van der Waals surface area (Å²) in [6.07, 6.45) is 2.81. The highest BCUT2D eigenvalue weighted by molar-refractivity contribution is 5.95. The van der Waals surface area contributed by atoms with Crippen LogP contribution in [0.25, 0.3) is 10.9 Å². The van der Waals surface area contributed by atoms with Crippen LogP contribution in [0.1, 0.15) is 38.7 Å². The Balaban J connectivity index is 2.31. The van der Waals surface area contributed by atoms with Gasteiger partial charge in [0, 0.05) is 30.1 Å². The van der Waals surface area contributed by atoms with Gasteiger partial charge in [0.15, 0.2) is 5.96 Å². The minimum absolute atomic E-state index is 0.000401. The van der Waals surface area contributed by atoms with E-state index in [9.17, 15) is 29.4 Å². The molecule has 5 unspecified atom stereocenters. The van der Waals surface area contributed by atoms with E-state index in [4.69, 9.17) is 17.2 Å². The van der Waals surface area contributed by atoms with Crippen LogP contribution in [0.15, 0.2) is 35.5 Å². The van der Waals surface area contributed by atoms with E-state index < -0.39 is 54.5 Å². The number of nitrogens with one attached hydrogen (secondary N) is 4. The number of fused-ring (bicyclic) bond motifs is 1. The van der Waals surface area contributed by atoms with Gasteiger partial charge < -0.3 is 48.3 Å². The lowest BCUT2D eigenvalue weighted by molar-refractivity contribution is -0.143. The van der Waals surface area contributed by atoms with Gasteiger partial charge in [0.25, 0.3) is 0 Å². The number of aromatic amines is 1. The van der Waals surface area contributed by atoms with E-state index in [2.05, 4.69) is 25.9 Å². The average molecular weight is 561 g/mol. The monoisotopic (exact) mass is 560 g/mol. The molecule has 5 atom stereocenters. The summed E-state index contributed by atoms with van der Waals surface area (Å²) in [7, 11) is 0. The van der Waals surface area contributed by atoms with Crippen molar-refractivity contribution >= 4 is 40.6 Å². The molecule has 12 N–H and O–H groups in total. The number of carbonyl (C=O) groups is 4. The number of nitrogens with two attached hydrogens (primary N) is 3. The third kappa shape index (κ3) is 9.24. The minimum Gasteiger partial charge on any atom is -0.480 e. The van der Waals surface area contributed by atoms with Gasteiger partial charge in [0.1, 0.15) is 18.1 Å². The first-order valence-electron chi connectivity index (χ1n) is 13.1. The van der Waals surface area contributed by atoms with Gasteiger partial charge >= 0.3 is 5.97 Å². The fourth-order valence-electron chi connectivity index (χ4n) is 4.01. The Bertz CT molecular complexity index is 1190. The van der Waals surface area contributed by atoms with E-state index in [0.29, 0.717) is 18.4 Å². The molecule has 0 spiro atoms. The highest BCUT2D eigenvalue weighted by Gasteiger charge is 2.31. The molecule has 0 aliphatic heterocycles. The van der Waals surface area contributed by atoms with Crippen LogP contribution in [0.4, 0.5) is 0 Å². The van der Waals surface area contributed by atoms with Gasteiger partial charge in [0.05, 0.1) is 12.6 Å². The van der Waals surface area contributed by atoms with Crippen molar-refractivity contribution in [1.29, 1.82) is 0 Å². The summed E-state index contributed by atoms with van der Waals surface area (Å²) < 4.78 is 0. The molecule has 14 heteroatoms. The van der Waals surface area contributed by atoms with Crippen LogP contribution < -0.4 is 33.2 Å². The smallest absolute Gasteiger partial charge is 0.328 e. The molecule has 1 heterocycles. The molecule has 0 fully saturated rings. The zero-order chi connectivity index (χ0) is 29.8. The SMILES string of the molecule is CCC(C)C(N)C(=O)NC(CCCN=C(N)N)C(=O)NC(Cc1c[nH]c2ccccc12)C(=O)NC(CO)C(=O)O. The number of benzene rings is 1. The number of carboxylic acid groups (broad SMARTS) is 1. The molecule has 0 saturated heterocycles. The maximum absolute atomic E-state index is 13.5. The fraction of sp³-hybridized carbons (Fsp3) is 0.500. The van der Waals surface area contributed by atoms with E-state index in [1.165, 1.54) is 0 Å². The van der Waals surface area contributed by atoms with Gasteiger partial charge in [-0.2, -0.15) is 0 Å². The number of aliphatic imine (C=N–C) groups is 1. The quantitative estimate of drug-likeness (QED) is 0.0669. The van der Waals surface area contributed by atoms with Gasteiger partial charge in [-0.25, -0.2) is 4.79 Å². The molecule has 0 aliphatic rings. The van der Waals surface area contributed by atoms with Crippen molar-refractivity contribution in [3.63, 3.8) is 0 Å². The molecular formula is C26H40N8O6. The summed E-state index contributed by atoms with van der Waals surface area (Å²) in [4.78, 5) is 57.9. The number of hydrogen-bond donors (Lipinski definition) is 9. The van der Waals surface area contributed by atoms with Gasteiger partial charge in [-0.05, 0) is 30.4 Å². The first kappa shape index (κ1) is 32.0. The van der Waals surface area contributed by atoms with Crippen molar-refractivity contribution < 1.29 is 29.4 Å². The molecule has 220 valence electrons. The van der Waals surface area contributed by atoms with E-state index in [0.717, 1.165) is 10.9 Å². The second-order valence-corrected chi connectivity index (χ2v) is 9.63. The molecule has 1 aromatic heterocycles. The van der Waals surface area contributed by atoms with Crippen LogP contribution in [0, 0.1) is 5.92 Å². The van der Waals surface area contributed by atoms with Crippen LogP contribution in [0.2, 0.25) is 0 Å². The third-order valence-electron chi connectivity index (χ3n) is 6.67. The molecule has 0 aliphatic carbocycles. The fourth-order valence-corrected chi connectivity index (χ4v) is 4.01. The highest BCUT2D eigenvalue weighted by atomic mass is 16.4. The maximum atomic E-state index is 13.5. The molecule has 3 amide bonds. The normalized spacial score (nSPS) is 14.8. The second kappa shape index (κ2) is 15.4. The van der Waals surface area contributed by atoms with Gasteiger partial charge in [-0.15, -0.1) is 0 Å². The lowest BCUT2D eigenvalue weighted by Gasteiger charge is -2.26. The van der Waals surface area contributed by atoms with Crippen molar-refractivity contribution in [3.8, 4) is 0 Å². The van der Waals surface area contributed by atoms with Crippen molar-refractivity contribution in [2.75, 3.05) is 13.2 Å². The van der Waals surface area contributed by atoms with Crippen LogP contribution in [0.3, 0.4) is 0 Å². The summed E-state index contributed by atoms with van der Waals surface area (Å²) in [6.45, 7) is 3.07. The first-order valence-corrected chi connectivity index (χ1v) is 13.1. The van der Waals surface area contributed by atoms with Crippen LogP contribution in [-0.4, -0.2) is 82.2 Å². The third-order valence-corrected chi connectivity index (χ3v) is 6.67. The predicted molar refractivity (Wildman–Crippen MR) is 150 cm³/mol. The number of amides is 3. The number of carbonyl (C=O) groups excluding carboxylic acids is 3. The number of hydrogen-bond acceptors (Lipinski definition) is 7. The molecule has 0 radical (unpaired) electrons. The number of nitrogens with zero attached hydrogens (tertiary/aromatic N) is 1. The summed E-state index contributed by atoms with van der Waals surface area (Å²) in [6, 6.07) is 2.61. The van der Waals surface area contributed by atoms with Crippen LogP contribution in [-0.2, 0) is 25.6 Å². The molecule has 2 aromatic rings. The van der Waals surface area contributed by atoms with Crippen molar-refractivity contribution in [3.05, 3.63) is 36.0 Å². The Morgan fingerprint density at radius 1 is 1.00 bits per heavy atom. The van der Waals surface area contributed by atoms with Gasteiger partial charge in [-0.1, -0.05) is 38.5 Å². The van der Waals surface area contributed by atoms with E-state index >= 15 is 0 Å². The summed E-state index contributed by atoms with van der Waals surface area (Å²) in [5.74, 6) is -3.71. The standard InChI is InChI=1S/C26H40N8O6/c1-3-14(2)21(27)24(38)32-18(9-6-10-30-26(28)29)22(36)33-19(23(37)34-20(13-35)25(39)40)11-15-12-31-17-8-5-4-7-16(15)17/h4-5,7-8,12,14,18-21,31,35H,3,6,9-11,13,27H2,1-2H3,(H,32,38)(H,33,36)(H,34,37)(H,39,40)(H4,28,29,30). The average Bonchev–Trinajstić information content (AvgIpc) is 3.34. The Kier molecular flexibility index (Phi) is 12.4. The number of para-hydroxylation sites is 1. The lowest BCUT2D eigenvalue weighted by atomic mass is 9.98. The number of guanidine groups is 1. The van der Waals surface area contributed by atoms with Crippen LogP contribution in [0.5, 0.6) is 0 Å². The van der Waals surface area contributed by atoms with E-state index in [1.807, 2.05) is 38.1 Å². The predicted octanol–water partition coefficient (Wildman–Crippen LogP) is -1.33. The van der Waals surface area contributed by atoms with Crippen molar-refractivity contribution in [1.82, 2.24) is 20.9 Å². The van der Waals surface area contributed by atoms with E-state index in [-0.39, 0.29) is 31.3 Å². The molecule has 2 rings (SSSR count). The molecular weight excluding hydrogens is 520 g/mol. The Morgan fingerprint density at radius 3 is 2.25 bits per heavy atom. The van der Waals surface area contributed by atoms with Crippen LogP contribution >= 0.6 is 0 Å². The molecule has 40 heavy (non-hydrogen) atoms. The molecule has 0 saturated carbocycles. The maximum Gasteiger partial charge on any atom is 0.328 e. The topological polar surface area (TPSA) is 251 Å². The zero-order valence-corrected chi connectivity index (χ0v) is 22.7. The summed E-state index contributed by atoms with van der Waals surface area (Å²) >= 11 is 0. The Morgan fingerprint density at radius 2 is 1.62 bits per heavy atom. The lowest BCUT2D eigenvalue weighted by Crippen LogP contribution is -2.58. The Labute approximate surface area is 232 Å². The first-order chi connectivity index (χ1) is 19.0. The minimum atomic E-state index is -1.57. The highest BCUT2D eigenvalue weighted by Crippen LogP contribution is 2.19. The number of aliphatic carboxylic acids is 1. The Hall–Kier alpha value is -4.17. The summed E-state index contributed by atoms with van der Waals surface area (Å²) in [5, 5.41) is 27.1. The number of aliphatic hydroxyl groups is 1. The number of aliphatic hydroxyl groups excluding tert-OH is 1. The zero-order valence-electron chi connectivity index (χ0n) is 22.7. The summed E-state index contributed by atoms with van der Waals surface area (Å²) in [5.41, 5.74) is 18.3. The van der Waals surface area contributed by atoms with E-state index in [1.54, 1.807) is 6.20 Å². The molecule has 0 bridgehead atoms. The molecule has 1 aromatic carbocycles. The van der Waals surface area contributed by atoms with Crippen molar-refractivity contribution in [2.24, 2.45) is 28.1 Å². The number of H-pyrrole nitrogens is 1. The number of rotatable bonds is 16. The second-order valence-electron chi connectivity index (χ2n) is 9.63. The number of carboxylic acids is 1.